The van der Waals surface area contributed by atoms with Crippen LogP contribution in [0.2, 0.25) is 0 Å². The number of aromatic nitrogens is 1. The zero-order valence-corrected chi connectivity index (χ0v) is 10.1. The minimum absolute atomic E-state index is 0.264. The fourth-order valence-corrected chi connectivity index (χ4v) is 2.17. The minimum Gasteiger partial charge on any atom is -0.478 e. The summed E-state index contributed by atoms with van der Waals surface area (Å²) in [6, 6.07) is 9.05. The number of thiazole rings is 1. The topological polar surface area (TPSA) is 50.2 Å². The number of rotatable bonds is 3. The highest BCUT2D eigenvalue weighted by atomic mass is 32.1. The van der Waals surface area contributed by atoms with Crippen LogP contribution in [0.1, 0.15) is 16.3 Å². The smallest absolute Gasteiger partial charge is 0.336 e. The largest absolute Gasteiger partial charge is 0.478 e. The van der Waals surface area contributed by atoms with Crippen molar-refractivity contribution in [3.63, 3.8) is 0 Å². The van der Waals surface area contributed by atoms with Gasteiger partial charge in [0.1, 0.15) is 5.01 Å². The second-order valence-corrected chi connectivity index (χ2v) is 4.45. The Hall–Kier alpha value is -1.94. The van der Waals surface area contributed by atoms with Gasteiger partial charge in [-0.2, -0.15) is 0 Å². The molecule has 0 saturated heterocycles. The first-order chi connectivity index (χ1) is 8.16. The van der Waals surface area contributed by atoms with Crippen molar-refractivity contribution in [2.75, 3.05) is 0 Å². The standard InChI is InChI=1S/C13H11NO2S/c1-9-8-17-12(14-9)7-11(13(15)16)10-5-3-2-4-6-10/h2-8H,1H3,(H,15,16)/b11-7+. The van der Waals surface area contributed by atoms with Crippen LogP contribution in [0.5, 0.6) is 0 Å². The second kappa shape index (κ2) is 4.93. The van der Waals surface area contributed by atoms with Crippen molar-refractivity contribution in [3.8, 4) is 0 Å². The third-order valence-corrected chi connectivity index (χ3v) is 3.13. The van der Waals surface area contributed by atoms with Crippen LogP contribution >= 0.6 is 11.3 Å². The Bertz CT molecular complexity index is 558. The number of hydrogen-bond donors (Lipinski definition) is 1. The number of benzene rings is 1. The van der Waals surface area contributed by atoms with Crippen LogP contribution in [0.25, 0.3) is 11.6 Å². The summed E-state index contributed by atoms with van der Waals surface area (Å²) in [7, 11) is 0. The van der Waals surface area contributed by atoms with Gasteiger partial charge in [0, 0.05) is 11.1 Å². The number of carboxylic acids is 1. The van der Waals surface area contributed by atoms with Gasteiger partial charge in [-0.05, 0) is 18.6 Å². The fraction of sp³-hybridized carbons (Fsp3) is 0.0769. The van der Waals surface area contributed by atoms with Gasteiger partial charge in [0.05, 0.1) is 5.57 Å². The third-order valence-electron chi connectivity index (χ3n) is 2.22. The van der Waals surface area contributed by atoms with E-state index >= 15 is 0 Å². The summed E-state index contributed by atoms with van der Waals surface area (Å²) in [6.45, 7) is 1.89. The molecule has 0 aliphatic carbocycles. The maximum atomic E-state index is 11.2. The molecule has 0 bridgehead atoms. The van der Waals surface area contributed by atoms with Gasteiger partial charge >= 0.3 is 5.97 Å². The molecular formula is C13H11NO2S. The first-order valence-electron chi connectivity index (χ1n) is 5.09. The van der Waals surface area contributed by atoms with Gasteiger partial charge in [-0.25, -0.2) is 9.78 Å². The molecule has 0 amide bonds. The van der Waals surface area contributed by atoms with Crippen LogP contribution in [0.15, 0.2) is 35.7 Å². The highest BCUT2D eigenvalue weighted by molar-refractivity contribution is 7.10. The van der Waals surface area contributed by atoms with E-state index in [1.807, 2.05) is 30.5 Å². The van der Waals surface area contributed by atoms with Gasteiger partial charge in [0.25, 0.3) is 0 Å². The maximum Gasteiger partial charge on any atom is 0.336 e. The molecule has 1 N–H and O–H groups in total. The van der Waals surface area contributed by atoms with Crippen LogP contribution in [-0.4, -0.2) is 16.1 Å². The van der Waals surface area contributed by atoms with E-state index in [0.717, 1.165) is 5.69 Å². The molecule has 3 nitrogen and oxygen atoms in total. The molecule has 4 heteroatoms. The van der Waals surface area contributed by atoms with Crippen molar-refractivity contribution in [3.05, 3.63) is 52.0 Å². The quantitative estimate of drug-likeness (QED) is 0.845. The molecule has 1 heterocycles. The molecule has 0 aliphatic rings. The number of carboxylic acid groups (broad SMARTS) is 1. The molecule has 17 heavy (non-hydrogen) atoms. The molecule has 86 valence electrons. The summed E-state index contributed by atoms with van der Waals surface area (Å²) in [6.07, 6.45) is 1.61. The number of aliphatic carboxylic acids is 1. The average molecular weight is 245 g/mol. The summed E-state index contributed by atoms with van der Waals surface area (Å²) >= 11 is 1.44. The van der Waals surface area contributed by atoms with E-state index in [-0.39, 0.29) is 5.57 Å². The van der Waals surface area contributed by atoms with Crippen molar-refractivity contribution in [2.45, 2.75) is 6.92 Å². The first kappa shape index (κ1) is 11.5. The summed E-state index contributed by atoms with van der Waals surface area (Å²) in [4.78, 5) is 15.5. The Morgan fingerprint density at radius 1 is 1.35 bits per heavy atom. The Morgan fingerprint density at radius 3 is 2.59 bits per heavy atom. The van der Waals surface area contributed by atoms with E-state index in [4.69, 9.17) is 0 Å². The van der Waals surface area contributed by atoms with Crippen molar-refractivity contribution < 1.29 is 9.90 Å². The zero-order chi connectivity index (χ0) is 12.3. The van der Waals surface area contributed by atoms with E-state index in [1.165, 1.54) is 11.3 Å². The van der Waals surface area contributed by atoms with E-state index < -0.39 is 5.97 Å². The van der Waals surface area contributed by atoms with Crippen LogP contribution in [0, 0.1) is 6.92 Å². The van der Waals surface area contributed by atoms with Crippen molar-refractivity contribution in [1.82, 2.24) is 4.98 Å². The molecule has 0 unspecified atom stereocenters. The van der Waals surface area contributed by atoms with Gasteiger partial charge in [-0.3, -0.25) is 0 Å². The van der Waals surface area contributed by atoms with Crippen LogP contribution in [0.3, 0.4) is 0 Å². The highest BCUT2D eigenvalue weighted by Gasteiger charge is 2.10. The van der Waals surface area contributed by atoms with Gasteiger partial charge in [0.2, 0.25) is 0 Å². The predicted octanol–water partition coefficient (Wildman–Crippen LogP) is 3.08. The lowest BCUT2D eigenvalue weighted by Crippen LogP contribution is -1.99. The SMILES string of the molecule is Cc1csc(/C=C(/C(=O)O)c2ccccc2)n1. The van der Waals surface area contributed by atoms with E-state index in [0.29, 0.717) is 10.6 Å². The van der Waals surface area contributed by atoms with E-state index in [1.54, 1.807) is 18.2 Å². The summed E-state index contributed by atoms with van der Waals surface area (Å²) < 4.78 is 0. The predicted molar refractivity (Wildman–Crippen MR) is 68.8 cm³/mol. The maximum absolute atomic E-state index is 11.2. The minimum atomic E-state index is -0.941. The lowest BCUT2D eigenvalue weighted by molar-refractivity contribution is -0.130. The molecule has 0 radical (unpaired) electrons. The molecule has 1 aromatic heterocycles. The first-order valence-corrected chi connectivity index (χ1v) is 5.97. The van der Waals surface area contributed by atoms with Crippen LogP contribution in [0.4, 0.5) is 0 Å². The molecule has 0 aliphatic heterocycles. The molecule has 0 spiro atoms. The Kier molecular flexibility index (Phi) is 3.35. The van der Waals surface area contributed by atoms with Gasteiger partial charge in [0.15, 0.2) is 0 Å². The van der Waals surface area contributed by atoms with Crippen LogP contribution < -0.4 is 0 Å². The number of carbonyl (C=O) groups is 1. The number of aryl methyl sites for hydroxylation is 1. The monoisotopic (exact) mass is 245 g/mol. The molecule has 0 saturated carbocycles. The summed E-state index contributed by atoms with van der Waals surface area (Å²) in [5.74, 6) is -0.941. The number of hydrogen-bond acceptors (Lipinski definition) is 3. The lowest BCUT2D eigenvalue weighted by atomic mass is 10.1. The zero-order valence-electron chi connectivity index (χ0n) is 9.25. The van der Waals surface area contributed by atoms with Crippen molar-refractivity contribution in [2.24, 2.45) is 0 Å². The van der Waals surface area contributed by atoms with E-state index in [2.05, 4.69) is 4.98 Å². The molecule has 0 fully saturated rings. The Balaban J connectivity index is 2.43. The van der Waals surface area contributed by atoms with Gasteiger partial charge in [-0.15, -0.1) is 11.3 Å². The number of nitrogens with zero attached hydrogens (tertiary/aromatic N) is 1. The Labute approximate surface area is 103 Å². The molecule has 1 aromatic carbocycles. The third kappa shape index (κ3) is 2.79. The summed E-state index contributed by atoms with van der Waals surface area (Å²) in [5, 5.41) is 11.8. The van der Waals surface area contributed by atoms with Crippen molar-refractivity contribution >= 4 is 29.0 Å². The van der Waals surface area contributed by atoms with Crippen molar-refractivity contribution in [1.29, 1.82) is 0 Å². The van der Waals surface area contributed by atoms with Gasteiger partial charge < -0.3 is 5.11 Å². The lowest BCUT2D eigenvalue weighted by Gasteiger charge is -2.00. The summed E-state index contributed by atoms with van der Waals surface area (Å²) in [5.41, 5.74) is 1.85. The van der Waals surface area contributed by atoms with Gasteiger partial charge in [-0.1, -0.05) is 30.3 Å². The highest BCUT2D eigenvalue weighted by Crippen LogP contribution is 2.20. The normalized spacial score (nSPS) is 11.5. The molecular weight excluding hydrogens is 234 g/mol. The molecule has 2 aromatic rings. The fourth-order valence-electron chi connectivity index (χ4n) is 1.45. The Morgan fingerprint density at radius 2 is 2.06 bits per heavy atom. The average Bonchev–Trinajstić information content (AvgIpc) is 2.73. The molecule has 2 rings (SSSR count). The molecule has 0 atom stereocenters. The second-order valence-electron chi connectivity index (χ2n) is 3.56. The van der Waals surface area contributed by atoms with Crippen LogP contribution in [-0.2, 0) is 4.79 Å². The van der Waals surface area contributed by atoms with E-state index in [9.17, 15) is 9.90 Å².